The fraction of sp³-hybridized carbons (Fsp3) is 0.318. The van der Waals surface area contributed by atoms with Gasteiger partial charge in [-0.1, -0.05) is 49.4 Å². The maximum atomic E-state index is 11.1. The highest BCUT2D eigenvalue weighted by Gasteiger charge is 2.21. The van der Waals surface area contributed by atoms with Gasteiger partial charge >= 0.3 is 0 Å². The van der Waals surface area contributed by atoms with Crippen LogP contribution in [0.5, 0.6) is 0 Å². The molecule has 1 amide bonds. The number of hydrogen-bond acceptors (Lipinski definition) is 4. The van der Waals surface area contributed by atoms with Crippen LogP contribution in [0.1, 0.15) is 41.3 Å². The van der Waals surface area contributed by atoms with Crippen LogP contribution in [0.3, 0.4) is 0 Å². The zero-order valence-electron chi connectivity index (χ0n) is 15.8. The Bertz CT molecular complexity index is 843. The van der Waals surface area contributed by atoms with E-state index in [0.717, 1.165) is 17.6 Å². The highest BCUT2D eigenvalue weighted by molar-refractivity contribution is 6.05. The van der Waals surface area contributed by atoms with E-state index in [9.17, 15) is 9.59 Å². The van der Waals surface area contributed by atoms with Gasteiger partial charge in [0.15, 0.2) is 0 Å². The summed E-state index contributed by atoms with van der Waals surface area (Å²) >= 11 is 0. The van der Waals surface area contributed by atoms with E-state index in [1.54, 1.807) is 12.1 Å². The standard InChI is InChI=1S/C12H12N2O2.C10H13N/c1-8-6-11(16)13-14-12(8)10-4-2-9(7-15)3-5-10;1-11-8-4-6-9-5-2-3-7-10(9)11/h2-5,7-8H,6H2,1H3,(H,13,16);2-3,5,7H,4,6,8H2,1H3. The predicted octanol–water partition coefficient (Wildman–Crippen LogP) is 3.43. The Morgan fingerprint density at radius 2 is 1.89 bits per heavy atom. The monoisotopic (exact) mass is 363 g/mol. The third-order valence-electron chi connectivity index (χ3n) is 4.94. The number of fused-ring (bicyclic) bond motifs is 1. The number of benzene rings is 2. The van der Waals surface area contributed by atoms with Gasteiger partial charge in [0.25, 0.3) is 0 Å². The average Bonchev–Trinajstić information content (AvgIpc) is 2.69. The first-order valence-corrected chi connectivity index (χ1v) is 9.29. The van der Waals surface area contributed by atoms with Crippen LogP contribution in [-0.4, -0.2) is 31.5 Å². The van der Waals surface area contributed by atoms with Crippen LogP contribution in [0.2, 0.25) is 0 Å². The van der Waals surface area contributed by atoms with Gasteiger partial charge in [-0.15, -0.1) is 0 Å². The lowest BCUT2D eigenvalue weighted by Gasteiger charge is -2.26. The Balaban J connectivity index is 0.000000166. The van der Waals surface area contributed by atoms with Crippen molar-refractivity contribution in [1.29, 1.82) is 0 Å². The van der Waals surface area contributed by atoms with E-state index in [4.69, 9.17) is 0 Å². The summed E-state index contributed by atoms with van der Waals surface area (Å²) in [6.45, 7) is 3.17. The number of rotatable bonds is 2. The second kappa shape index (κ2) is 8.62. The van der Waals surface area contributed by atoms with Gasteiger partial charge in [0.1, 0.15) is 6.29 Å². The van der Waals surface area contributed by atoms with E-state index >= 15 is 0 Å². The third-order valence-corrected chi connectivity index (χ3v) is 4.94. The number of nitrogens with one attached hydrogen (secondary N) is 1. The molecule has 5 heteroatoms. The third kappa shape index (κ3) is 4.61. The van der Waals surface area contributed by atoms with Crippen LogP contribution in [0.25, 0.3) is 0 Å². The first-order valence-electron chi connectivity index (χ1n) is 9.29. The van der Waals surface area contributed by atoms with E-state index in [2.05, 4.69) is 46.7 Å². The van der Waals surface area contributed by atoms with Gasteiger partial charge in [-0.3, -0.25) is 9.59 Å². The Hall–Kier alpha value is -2.95. The van der Waals surface area contributed by atoms with E-state index in [1.165, 1.54) is 30.6 Å². The van der Waals surface area contributed by atoms with Gasteiger partial charge in [0.2, 0.25) is 5.91 Å². The van der Waals surface area contributed by atoms with Gasteiger partial charge < -0.3 is 4.90 Å². The molecule has 2 heterocycles. The number of anilines is 1. The number of nitrogens with zero attached hydrogens (tertiary/aromatic N) is 2. The largest absolute Gasteiger partial charge is 0.374 e. The summed E-state index contributed by atoms with van der Waals surface area (Å²) in [7, 11) is 2.16. The molecule has 4 rings (SSSR count). The number of carbonyl (C=O) groups excluding carboxylic acids is 2. The molecule has 0 radical (unpaired) electrons. The van der Waals surface area contributed by atoms with Crippen LogP contribution in [-0.2, 0) is 11.2 Å². The molecule has 0 aliphatic carbocycles. The van der Waals surface area contributed by atoms with Crippen molar-refractivity contribution in [2.45, 2.75) is 26.2 Å². The molecular weight excluding hydrogens is 338 g/mol. The highest BCUT2D eigenvalue weighted by atomic mass is 16.2. The Morgan fingerprint density at radius 3 is 2.56 bits per heavy atom. The van der Waals surface area contributed by atoms with Crippen molar-refractivity contribution >= 4 is 23.6 Å². The highest BCUT2D eigenvalue weighted by Crippen LogP contribution is 2.24. The molecule has 0 saturated carbocycles. The lowest BCUT2D eigenvalue weighted by molar-refractivity contribution is -0.121. The molecule has 140 valence electrons. The summed E-state index contributed by atoms with van der Waals surface area (Å²) in [5, 5.41) is 4.05. The van der Waals surface area contributed by atoms with Gasteiger partial charge in [-0.05, 0) is 30.0 Å². The van der Waals surface area contributed by atoms with Crippen LogP contribution < -0.4 is 10.3 Å². The molecule has 2 aromatic rings. The van der Waals surface area contributed by atoms with E-state index in [-0.39, 0.29) is 11.8 Å². The summed E-state index contributed by atoms with van der Waals surface area (Å²) in [6.07, 6.45) is 3.81. The van der Waals surface area contributed by atoms with Gasteiger partial charge in [0.05, 0.1) is 5.71 Å². The number of para-hydroxylation sites is 1. The SMILES string of the molecule is CC1CC(=O)NN=C1c1ccc(C=O)cc1.CN1CCCc2ccccc21. The van der Waals surface area contributed by atoms with Crippen molar-refractivity contribution in [3.63, 3.8) is 0 Å². The van der Waals surface area contributed by atoms with E-state index in [0.29, 0.717) is 12.0 Å². The van der Waals surface area contributed by atoms with Crippen molar-refractivity contribution in [2.24, 2.45) is 11.0 Å². The molecule has 0 aromatic heterocycles. The molecule has 0 saturated heterocycles. The fourth-order valence-electron chi connectivity index (χ4n) is 3.46. The number of aryl methyl sites for hydroxylation is 1. The molecule has 1 atom stereocenters. The van der Waals surface area contributed by atoms with Crippen molar-refractivity contribution < 1.29 is 9.59 Å². The lowest BCUT2D eigenvalue weighted by atomic mass is 9.94. The van der Waals surface area contributed by atoms with Crippen LogP contribution in [0, 0.1) is 5.92 Å². The summed E-state index contributed by atoms with van der Waals surface area (Å²) in [4.78, 5) is 23.9. The molecule has 27 heavy (non-hydrogen) atoms. The average molecular weight is 363 g/mol. The van der Waals surface area contributed by atoms with Crippen LogP contribution >= 0.6 is 0 Å². The molecular formula is C22H25N3O2. The number of hydrazone groups is 1. The molecule has 0 spiro atoms. The van der Waals surface area contributed by atoms with Crippen molar-refractivity contribution in [1.82, 2.24) is 5.43 Å². The summed E-state index contributed by atoms with van der Waals surface area (Å²) in [5.74, 6) is 0.0524. The molecule has 0 bridgehead atoms. The Kier molecular flexibility index (Phi) is 6.01. The molecule has 5 nitrogen and oxygen atoms in total. The van der Waals surface area contributed by atoms with E-state index < -0.39 is 0 Å². The molecule has 1 unspecified atom stereocenters. The first kappa shape index (κ1) is 18.8. The minimum absolute atomic E-state index is 0.0549. The van der Waals surface area contributed by atoms with E-state index in [1.807, 2.05) is 19.1 Å². The molecule has 2 aliphatic heterocycles. The maximum absolute atomic E-state index is 11.1. The van der Waals surface area contributed by atoms with Crippen molar-refractivity contribution in [3.05, 3.63) is 65.2 Å². The lowest BCUT2D eigenvalue weighted by Crippen LogP contribution is -2.31. The van der Waals surface area contributed by atoms with Gasteiger partial charge in [-0.2, -0.15) is 5.10 Å². The molecule has 1 N–H and O–H groups in total. The van der Waals surface area contributed by atoms with Crippen molar-refractivity contribution in [3.8, 4) is 0 Å². The molecule has 2 aromatic carbocycles. The van der Waals surface area contributed by atoms with Crippen LogP contribution in [0.4, 0.5) is 5.69 Å². The number of hydrogen-bond donors (Lipinski definition) is 1. The van der Waals surface area contributed by atoms with Crippen LogP contribution in [0.15, 0.2) is 53.6 Å². The predicted molar refractivity (Wildman–Crippen MR) is 108 cm³/mol. The summed E-state index contributed by atoms with van der Waals surface area (Å²) < 4.78 is 0. The minimum atomic E-state index is -0.0549. The van der Waals surface area contributed by atoms with Gasteiger partial charge in [-0.25, -0.2) is 5.43 Å². The normalized spacial score (nSPS) is 18.4. The summed E-state index contributed by atoms with van der Waals surface area (Å²) in [6, 6.07) is 15.8. The zero-order chi connectivity index (χ0) is 19.2. The maximum Gasteiger partial charge on any atom is 0.240 e. The number of aldehydes is 1. The minimum Gasteiger partial charge on any atom is -0.374 e. The Labute approximate surface area is 160 Å². The molecule has 2 aliphatic rings. The second-order valence-electron chi connectivity index (χ2n) is 7.03. The quantitative estimate of drug-likeness (QED) is 0.832. The topological polar surface area (TPSA) is 61.8 Å². The Morgan fingerprint density at radius 1 is 1.15 bits per heavy atom. The first-order chi connectivity index (χ1) is 13.1. The van der Waals surface area contributed by atoms with Crippen molar-refractivity contribution in [2.75, 3.05) is 18.5 Å². The van der Waals surface area contributed by atoms with Gasteiger partial charge in [0, 0.05) is 37.2 Å². The second-order valence-corrected chi connectivity index (χ2v) is 7.03. The number of amides is 1. The molecule has 0 fully saturated rings. The summed E-state index contributed by atoms with van der Waals surface area (Å²) in [5.41, 5.74) is 7.82. The number of carbonyl (C=O) groups is 2. The fourth-order valence-corrected chi connectivity index (χ4v) is 3.46. The zero-order valence-corrected chi connectivity index (χ0v) is 15.8. The smallest absolute Gasteiger partial charge is 0.240 e.